The molecule has 0 aromatic heterocycles. The summed E-state index contributed by atoms with van der Waals surface area (Å²) in [7, 11) is 0. The topological polar surface area (TPSA) is 33.0 Å². The van der Waals surface area contributed by atoms with E-state index in [-0.39, 0.29) is 20.8 Å². The third kappa shape index (κ3) is 2.34. The molecule has 14 heavy (non-hydrogen) atoms. The highest BCUT2D eigenvalue weighted by Gasteiger charge is 2.15. The Morgan fingerprint density at radius 3 is 2.64 bits per heavy atom. The van der Waals surface area contributed by atoms with Gasteiger partial charge in [0.25, 0.3) is 0 Å². The van der Waals surface area contributed by atoms with E-state index < -0.39 is 6.61 Å². The van der Waals surface area contributed by atoms with Crippen LogP contribution in [0.3, 0.4) is 0 Å². The molecule has 1 aromatic carbocycles. The van der Waals surface area contributed by atoms with Crippen LogP contribution in [0.25, 0.3) is 0 Å². The van der Waals surface area contributed by atoms with Gasteiger partial charge in [0.1, 0.15) is 11.1 Å². The lowest BCUT2D eigenvalue weighted by Gasteiger charge is -2.09. The number of rotatable bonds is 2. The Balaban J connectivity index is 3.20. The highest BCUT2D eigenvalue weighted by Crippen LogP contribution is 2.36. The maximum Gasteiger partial charge on any atom is 0.387 e. The molecule has 0 aliphatic heterocycles. The Kier molecular flexibility index (Phi) is 3.67. The van der Waals surface area contributed by atoms with Crippen LogP contribution < -0.4 is 4.74 Å². The van der Waals surface area contributed by atoms with Gasteiger partial charge in [0.15, 0.2) is 5.75 Å². The van der Waals surface area contributed by atoms with Gasteiger partial charge < -0.3 is 4.74 Å². The molecule has 0 aliphatic carbocycles. The molecule has 1 rings (SSSR count). The van der Waals surface area contributed by atoms with Crippen LogP contribution in [0.1, 0.15) is 5.56 Å². The third-order valence-electron chi connectivity index (χ3n) is 1.38. The maximum absolute atomic E-state index is 11.9. The minimum absolute atomic E-state index is 0.0884. The first-order valence-electron chi connectivity index (χ1n) is 3.39. The number of hydrogen-bond donors (Lipinski definition) is 0. The molecule has 0 bridgehead atoms. The minimum atomic E-state index is -2.97. The molecule has 0 atom stereocenters. The van der Waals surface area contributed by atoms with Gasteiger partial charge in [-0.25, -0.2) is 0 Å². The van der Waals surface area contributed by atoms with Crippen LogP contribution in [0.5, 0.6) is 5.75 Å². The van der Waals surface area contributed by atoms with Gasteiger partial charge >= 0.3 is 6.61 Å². The minimum Gasteiger partial charge on any atom is -0.432 e. The monoisotopic (exact) mass is 281 g/mol. The summed E-state index contributed by atoms with van der Waals surface area (Å²) in [4.78, 5) is 0. The molecule has 0 aliphatic rings. The average Bonchev–Trinajstić information content (AvgIpc) is 2.12. The van der Waals surface area contributed by atoms with Gasteiger partial charge in [0.2, 0.25) is 0 Å². The summed E-state index contributed by atoms with van der Waals surface area (Å²) in [6.45, 7) is -2.97. The van der Waals surface area contributed by atoms with Crippen LogP contribution >= 0.6 is 27.5 Å². The van der Waals surface area contributed by atoms with E-state index in [1.807, 2.05) is 0 Å². The number of nitriles is 1. The van der Waals surface area contributed by atoms with Gasteiger partial charge in [0, 0.05) is 0 Å². The number of nitrogens with zero attached hydrogens (tertiary/aromatic N) is 1. The Morgan fingerprint density at radius 1 is 1.50 bits per heavy atom. The van der Waals surface area contributed by atoms with Crippen molar-refractivity contribution in [3.05, 3.63) is 27.2 Å². The molecule has 0 unspecified atom stereocenters. The van der Waals surface area contributed by atoms with Gasteiger partial charge in [-0.15, -0.1) is 0 Å². The normalized spacial score (nSPS) is 10.0. The number of alkyl halides is 2. The second kappa shape index (κ2) is 4.58. The van der Waals surface area contributed by atoms with Crippen molar-refractivity contribution in [1.29, 1.82) is 5.26 Å². The highest BCUT2D eigenvalue weighted by atomic mass is 79.9. The zero-order valence-corrected chi connectivity index (χ0v) is 8.94. The predicted molar refractivity (Wildman–Crippen MR) is 50.5 cm³/mol. The van der Waals surface area contributed by atoms with Crippen molar-refractivity contribution >= 4 is 27.5 Å². The van der Waals surface area contributed by atoms with Crippen molar-refractivity contribution in [3.8, 4) is 11.8 Å². The molecule has 0 spiro atoms. The zero-order valence-electron chi connectivity index (χ0n) is 6.60. The molecule has 74 valence electrons. The third-order valence-corrected chi connectivity index (χ3v) is 2.38. The molecule has 0 heterocycles. The van der Waals surface area contributed by atoms with Crippen LogP contribution in [-0.2, 0) is 0 Å². The predicted octanol–water partition coefficient (Wildman–Crippen LogP) is 3.58. The van der Waals surface area contributed by atoms with Gasteiger partial charge in [-0.05, 0) is 28.1 Å². The van der Waals surface area contributed by atoms with Crippen molar-refractivity contribution in [2.75, 3.05) is 0 Å². The second-order valence-electron chi connectivity index (χ2n) is 2.23. The van der Waals surface area contributed by atoms with Crippen LogP contribution in [0.4, 0.5) is 8.78 Å². The van der Waals surface area contributed by atoms with Crippen molar-refractivity contribution < 1.29 is 13.5 Å². The molecular formula is C8H3BrClF2NO. The van der Waals surface area contributed by atoms with Crippen molar-refractivity contribution in [2.45, 2.75) is 6.61 Å². The lowest BCUT2D eigenvalue weighted by molar-refractivity contribution is -0.0503. The molecule has 2 nitrogen and oxygen atoms in total. The summed E-state index contributed by atoms with van der Waals surface area (Å²) < 4.78 is 28.3. The standard InChI is InChI=1S/C8H3BrClF2NO/c9-5-2-1-4(3-13)6(10)7(5)14-8(11)12/h1-2,8H. The zero-order chi connectivity index (χ0) is 10.7. The van der Waals surface area contributed by atoms with E-state index in [9.17, 15) is 8.78 Å². The first kappa shape index (κ1) is 11.2. The number of benzene rings is 1. The van der Waals surface area contributed by atoms with Crippen LogP contribution in [0.15, 0.2) is 16.6 Å². The van der Waals surface area contributed by atoms with E-state index in [4.69, 9.17) is 16.9 Å². The fourth-order valence-electron chi connectivity index (χ4n) is 0.816. The SMILES string of the molecule is N#Cc1ccc(Br)c(OC(F)F)c1Cl. The molecule has 0 N–H and O–H groups in total. The number of ether oxygens (including phenoxy) is 1. The first-order chi connectivity index (χ1) is 6.56. The molecule has 1 aromatic rings. The van der Waals surface area contributed by atoms with Gasteiger partial charge in [0.05, 0.1) is 10.0 Å². The molecule has 0 radical (unpaired) electrons. The Bertz CT molecular complexity index is 392. The largest absolute Gasteiger partial charge is 0.432 e. The second-order valence-corrected chi connectivity index (χ2v) is 3.46. The van der Waals surface area contributed by atoms with E-state index >= 15 is 0 Å². The van der Waals surface area contributed by atoms with Crippen molar-refractivity contribution in [3.63, 3.8) is 0 Å². The summed E-state index contributed by atoms with van der Waals surface area (Å²) >= 11 is 8.63. The molecule has 0 fully saturated rings. The first-order valence-corrected chi connectivity index (χ1v) is 4.56. The highest BCUT2D eigenvalue weighted by molar-refractivity contribution is 9.10. The Morgan fingerprint density at radius 2 is 2.14 bits per heavy atom. The summed E-state index contributed by atoms with van der Waals surface area (Å²) in [5.41, 5.74) is 0.0884. The van der Waals surface area contributed by atoms with Crippen LogP contribution in [0, 0.1) is 11.3 Å². The smallest absolute Gasteiger partial charge is 0.387 e. The van der Waals surface area contributed by atoms with E-state index in [0.717, 1.165) is 0 Å². The number of halogens is 4. The quantitative estimate of drug-likeness (QED) is 0.830. The van der Waals surface area contributed by atoms with E-state index in [2.05, 4.69) is 20.7 Å². The van der Waals surface area contributed by atoms with Crippen LogP contribution in [0.2, 0.25) is 5.02 Å². The maximum atomic E-state index is 11.9. The summed E-state index contributed by atoms with van der Waals surface area (Å²) in [6.07, 6.45) is 0. The summed E-state index contributed by atoms with van der Waals surface area (Å²) in [5.74, 6) is -0.222. The lowest BCUT2D eigenvalue weighted by Crippen LogP contribution is -2.03. The Labute approximate surface area is 92.2 Å². The molecule has 0 saturated carbocycles. The van der Waals surface area contributed by atoms with E-state index in [1.165, 1.54) is 12.1 Å². The molecule has 0 saturated heterocycles. The van der Waals surface area contributed by atoms with E-state index in [0.29, 0.717) is 0 Å². The summed E-state index contributed by atoms with van der Waals surface area (Å²) in [5, 5.41) is 8.45. The van der Waals surface area contributed by atoms with Crippen molar-refractivity contribution in [2.24, 2.45) is 0 Å². The van der Waals surface area contributed by atoms with E-state index in [1.54, 1.807) is 6.07 Å². The number of hydrogen-bond acceptors (Lipinski definition) is 2. The fourth-order valence-corrected chi connectivity index (χ4v) is 1.61. The van der Waals surface area contributed by atoms with Crippen LogP contribution in [-0.4, -0.2) is 6.61 Å². The molecular weight excluding hydrogens is 279 g/mol. The van der Waals surface area contributed by atoms with Gasteiger partial charge in [-0.3, -0.25) is 0 Å². The average molecular weight is 282 g/mol. The molecule has 6 heteroatoms. The van der Waals surface area contributed by atoms with Gasteiger partial charge in [-0.1, -0.05) is 11.6 Å². The fraction of sp³-hybridized carbons (Fsp3) is 0.125. The lowest BCUT2D eigenvalue weighted by atomic mass is 10.2. The summed E-state index contributed by atoms with van der Waals surface area (Å²) in [6, 6.07) is 4.58. The van der Waals surface area contributed by atoms with Crippen molar-refractivity contribution in [1.82, 2.24) is 0 Å². The Hall–Kier alpha value is -0.860. The molecule has 0 amide bonds. The van der Waals surface area contributed by atoms with Gasteiger partial charge in [-0.2, -0.15) is 14.0 Å².